The third kappa shape index (κ3) is 2.61. The van der Waals surface area contributed by atoms with Crippen molar-refractivity contribution in [3.05, 3.63) is 29.4 Å². The lowest BCUT2D eigenvalue weighted by molar-refractivity contribution is 0.288. The molecule has 90 valence electrons. The second-order valence-corrected chi connectivity index (χ2v) is 3.88. The fourth-order valence-corrected chi connectivity index (χ4v) is 1.80. The van der Waals surface area contributed by atoms with Crippen LogP contribution in [0.4, 0.5) is 0 Å². The summed E-state index contributed by atoms with van der Waals surface area (Å²) in [5.41, 5.74) is 0.810. The van der Waals surface area contributed by atoms with E-state index in [1.165, 1.54) is 0 Å². The van der Waals surface area contributed by atoms with E-state index in [0.29, 0.717) is 24.1 Å². The number of pyridine rings is 1. The minimum Gasteiger partial charge on any atom is -0.490 e. The average molecular weight is 252 g/mol. The van der Waals surface area contributed by atoms with Gasteiger partial charge in [0.15, 0.2) is 11.5 Å². The molecule has 0 aliphatic carbocycles. The number of hydrogen-bond acceptors (Lipinski definition) is 3. The van der Waals surface area contributed by atoms with Gasteiger partial charge in [-0.3, -0.25) is 0 Å². The number of rotatable bonds is 4. The Bertz CT molecular complexity index is 528. The molecule has 1 aromatic carbocycles. The maximum Gasteiger partial charge on any atom is 0.163 e. The highest BCUT2D eigenvalue weighted by atomic mass is 35.5. The van der Waals surface area contributed by atoms with Crippen LogP contribution in [0.1, 0.15) is 13.8 Å². The highest BCUT2D eigenvalue weighted by Crippen LogP contribution is 2.32. The fourth-order valence-electron chi connectivity index (χ4n) is 1.64. The lowest BCUT2D eigenvalue weighted by atomic mass is 10.2. The molecule has 17 heavy (non-hydrogen) atoms. The van der Waals surface area contributed by atoms with Crippen LogP contribution in [0, 0.1) is 0 Å². The van der Waals surface area contributed by atoms with Crippen molar-refractivity contribution in [2.45, 2.75) is 13.8 Å². The van der Waals surface area contributed by atoms with E-state index in [2.05, 4.69) is 4.98 Å². The summed E-state index contributed by atoms with van der Waals surface area (Å²) in [5.74, 6) is 1.45. The van der Waals surface area contributed by atoms with Gasteiger partial charge in [-0.2, -0.15) is 0 Å². The molecule has 0 radical (unpaired) electrons. The quantitative estimate of drug-likeness (QED) is 0.777. The molecule has 0 aliphatic heterocycles. The first-order valence-electron chi connectivity index (χ1n) is 5.60. The maximum atomic E-state index is 5.87. The number of nitrogens with zero attached hydrogens (tertiary/aromatic N) is 1. The van der Waals surface area contributed by atoms with Crippen LogP contribution in [-0.2, 0) is 0 Å². The maximum absolute atomic E-state index is 5.87. The van der Waals surface area contributed by atoms with E-state index in [1.54, 1.807) is 6.07 Å². The molecule has 0 unspecified atom stereocenters. The summed E-state index contributed by atoms with van der Waals surface area (Å²) >= 11 is 5.87. The molecule has 4 heteroatoms. The largest absolute Gasteiger partial charge is 0.490 e. The Morgan fingerprint density at radius 3 is 2.35 bits per heavy atom. The minimum atomic E-state index is 0.476. The summed E-state index contributed by atoms with van der Waals surface area (Å²) in [5, 5.41) is 1.46. The molecule has 0 N–H and O–H groups in total. The fraction of sp³-hybridized carbons (Fsp3) is 0.308. The second-order valence-electron chi connectivity index (χ2n) is 3.49. The van der Waals surface area contributed by atoms with Crippen molar-refractivity contribution < 1.29 is 9.47 Å². The topological polar surface area (TPSA) is 31.4 Å². The van der Waals surface area contributed by atoms with Crippen LogP contribution in [-0.4, -0.2) is 18.2 Å². The van der Waals surface area contributed by atoms with E-state index in [9.17, 15) is 0 Å². The van der Waals surface area contributed by atoms with Crippen molar-refractivity contribution in [2.75, 3.05) is 13.2 Å². The summed E-state index contributed by atoms with van der Waals surface area (Å²) in [6.45, 7) is 5.07. The van der Waals surface area contributed by atoms with Gasteiger partial charge in [0.25, 0.3) is 0 Å². The van der Waals surface area contributed by atoms with Crippen molar-refractivity contribution in [1.29, 1.82) is 0 Å². The van der Waals surface area contributed by atoms with Gasteiger partial charge in [0.2, 0.25) is 0 Å². The lowest BCUT2D eigenvalue weighted by Crippen LogP contribution is -1.98. The Morgan fingerprint density at radius 1 is 1.06 bits per heavy atom. The highest BCUT2D eigenvalue weighted by molar-refractivity contribution is 6.29. The average Bonchev–Trinajstić information content (AvgIpc) is 2.31. The molecule has 0 bridgehead atoms. The third-order valence-corrected chi connectivity index (χ3v) is 2.53. The van der Waals surface area contributed by atoms with Crippen LogP contribution in [0.5, 0.6) is 11.5 Å². The highest BCUT2D eigenvalue weighted by Gasteiger charge is 2.08. The Labute approximate surface area is 105 Å². The van der Waals surface area contributed by atoms with Crippen molar-refractivity contribution in [3.8, 4) is 11.5 Å². The predicted octanol–water partition coefficient (Wildman–Crippen LogP) is 3.69. The molecule has 0 amide bonds. The van der Waals surface area contributed by atoms with Gasteiger partial charge < -0.3 is 9.47 Å². The molecule has 0 saturated heterocycles. The van der Waals surface area contributed by atoms with Crippen LogP contribution in [0.3, 0.4) is 0 Å². The smallest absolute Gasteiger partial charge is 0.163 e. The van der Waals surface area contributed by atoms with Gasteiger partial charge in [-0.15, -0.1) is 0 Å². The normalized spacial score (nSPS) is 10.5. The number of hydrogen-bond donors (Lipinski definition) is 0. The monoisotopic (exact) mass is 251 g/mol. The SMILES string of the molecule is CCOc1cc2ccc(Cl)nc2cc1OCC. The van der Waals surface area contributed by atoms with E-state index in [0.717, 1.165) is 16.7 Å². The zero-order chi connectivity index (χ0) is 12.3. The summed E-state index contributed by atoms with van der Waals surface area (Å²) in [4.78, 5) is 4.25. The minimum absolute atomic E-state index is 0.476. The molecule has 2 aromatic rings. The molecule has 2 rings (SSSR count). The van der Waals surface area contributed by atoms with Crippen LogP contribution in [0.25, 0.3) is 10.9 Å². The Kier molecular flexibility index (Phi) is 3.69. The molecule has 0 aliphatic rings. The number of benzene rings is 1. The molecular weight excluding hydrogens is 238 g/mol. The van der Waals surface area contributed by atoms with Gasteiger partial charge >= 0.3 is 0 Å². The van der Waals surface area contributed by atoms with Crippen LogP contribution in [0.15, 0.2) is 24.3 Å². The Hall–Kier alpha value is -1.48. The van der Waals surface area contributed by atoms with E-state index in [4.69, 9.17) is 21.1 Å². The zero-order valence-electron chi connectivity index (χ0n) is 9.87. The first-order chi connectivity index (χ1) is 8.24. The molecule has 0 atom stereocenters. The van der Waals surface area contributed by atoms with E-state index in [1.807, 2.05) is 32.0 Å². The van der Waals surface area contributed by atoms with Crippen molar-refractivity contribution in [3.63, 3.8) is 0 Å². The van der Waals surface area contributed by atoms with Gasteiger partial charge in [0, 0.05) is 11.5 Å². The number of ether oxygens (including phenoxy) is 2. The van der Waals surface area contributed by atoms with Crippen LogP contribution < -0.4 is 9.47 Å². The zero-order valence-corrected chi connectivity index (χ0v) is 10.6. The third-order valence-electron chi connectivity index (χ3n) is 2.32. The molecule has 0 saturated carbocycles. The summed E-state index contributed by atoms with van der Waals surface area (Å²) in [6, 6.07) is 7.46. The van der Waals surface area contributed by atoms with Gasteiger partial charge in [0.1, 0.15) is 5.15 Å². The van der Waals surface area contributed by atoms with Gasteiger partial charge in [-0.1, -0.05) is 11.6 Å². The molecule has 0 spiro atoms. The van der Waals surface area contributed by atoms with Gasteiger partial charge in [-0.25, -0.2) is 4.98 Å². The van der Waals surface area contributed by atoms with Gasteiger partial charge in [0.05, 0.1) is 18.7 Å². The molecule has 3 nitrogen and oxygen atoms in total. The first-order valence-corrected chi connectivity index (χ1v) is 5.98. The van der Waals surface area contributed by atoms with Crippen molar-refractivity contribution in [2.24, 2.45) is 0 Å². The second kappa shape index (κ2) is 5.23. The van der Waals surface area contributed by atoms with E-state index in [-0.39, 0.29) is 0 Å². The Balaban J connectivity index is 2.55. The summed E-state index contributed by atoms with van der Waals surface area (Å²) < 4.78 is 11.1. The number of aromatic nitrogens is 1. The van der Waals surface area contributed by atoms with Crippen molar-refractivity contribution >= 4 is 22.5 Å². The predicted molar refractivity (Wildman–Crippen MR) is 69.1 cm³/mol. The van der Waals surface area contributed by atoms with Crippen molar-refractivity contribution in [1.82, 2.24) is 4.98 Å². The molecule has 0 fully saturated rings. The van der Waals surface area contributed by atoms with E-state index < -0.39 is 0 Å². The standard InChI is InChI=1S/C13H14ClNO2/c1-3-16-11-7-9-5-6-13(14)15-10(9)8-12(11)17-4-2/h5-8H,3-4H2,1-2H3. The first kappa shape index (κ1) is 12.0. The number of halogens is 1. The summed E-state index contributed by atoms with van der Waals surface area (Å²) in [7, 11) is 0. The van der Waals surface area contributed by atoms with Crippen LogP contribution in [0.2, 0.25) is 5.15 Å². The van der Waals surface area contributed by atoms with Gasteiger partial charge in [-0.05, 0) is 32.0 Å². The Morgan fingerprint density at radius 2 is 1.71 bits per heavy atom. The number of fused-ring (bicyclic) bond motifs is 1. The lowest BCUT2D eigenvalue weighted by Gasteiger charge is -2.11. The molecule has 1 aromatic heterocycles. The summed E-state index contributed by atoms with van der Waals surface area (Å²) in [6.07, 6.45) is 0. The van der Waals surface area contributed by atoms with E-state index >= 15 is 0 Å². The van der Waals surface area contributed by atoms with Crippen LogP contribution >= 0.6 is 11.6 Å². The molecular formula is C13H14ClNO2. The molecule has 1 heterocycles.